The normalized spacial score (nSPS) is 28.1. The predicted molar refractivity (Wildman–Crippen MR) is 77.7 cm³/mol. The Bertz CT molecular complexity index is 436. The first-order valence-corrected chi connectivity index (χ1v) is 7.45. The summed E-state index contributed by atoms with van der Waals surface area (Å²) in [5.74, 6) is 0. The molecule has 1 aromatic carbocycles. The smallest absolute Gasteiger partial charge is 0.0652 e. The highest BCUT2D eigenvalue weighted by atomic mass is 35.5. The molecule has 1 N–H and O–H groups in total. The summed E-state index contributed by atoms with van der Waals surface area (Å²) in [7, 11) is 0. The van der Waals surface area contributed by atoms with Crippen molar-refractivity contribution in [2.75, 3.05) is 18.4 Å². The fourth-order valence-electron chi connectivity index (χ4n) is 3.22. The molecule has 1 aromatic rings. The molecular weight excluding hydrogens is 267 g/mol. The van der Waals surface area contributed by atoms with Gasteiger partial charge in [-0.2, -0.15) is 0 Å². The van der Waals surface area contributed by atoms with Crippen LogP contribution in [0.5, 0.6) is 0 Å². The summed E-state index contributed by atoms with van der Waals surface area (Å²) in [5.41, 5.74) is 1.01. The van der Waals surface area contributed by atoms with Crippen LogP contribution in [0.4, 0.5) is 5.69 Å². The molecule has 4 heteroatoms. The Labute approximate surface area is 118 Å². The molecule has 2 nitrogen and oxygen atoms in total. The monoisotopic (exact) mass is 284 g/mol. The van der Waals surface area contributed by atoms with E-state index in [4.69, 9.17) is 23.2 Å². The minimum absolute atomic E-state index is 0.531. The Morgan fingerprint density at radius 1 is 1.11 bits per heavy atom. The van der Waals surface area contributed by atoms with Crippen LogP contribution in [-0.4, -0.2) is 30.1 Å². The van der Waals surface area contributed by atoms with Gasteiger partial charge in [-0.1, -0.05) is 29.6 Å². The van der Waals surface area contributed by atoms with Crippen LogP contribution >= 0.6 is 23.2 Å². The highest BCUT2D eigenvalue weighted by Gasteiger charge is 2.35. The van der Waals surface area contributed by atoms with Gasteiger partial charge in [0.05, 0.1) is 10.7 Å². The van der Waals surface area contributed by atoms with Crippen LogP contribution in [-0.2, 0) is 0 Å². The van der Waals surface area contributed by atoms with Crippen molar-refractivity contribution >= 4 is 28.9 Å². The number of piperidine rings is 1. The lowest BCUT2D eigenvalue weighted by Gasteiger charge is -2.33. The number of nitrogens with one attached hydrogen (secondary N) is 1. The number of nitrogens with zero attached hydrogens (tertiary/aromatic N) is 1. The highest BCUT2D eigenvalue weighted by Crippen LogP contribution is 2.32. The summed E-state index contributed by atoms with van der Waals surface area (Å²) in [4.78, 5) is 2.62. The van der Waals surface area contributed by atoms with Gasteiger partial charge in [0.2, 0.25) is 0 Å². The summed E-state index contributed by atoms with van der Waals surface area (Å²) in [6.45, 7) is 2.48. The largest absolute Gasteiger partial charge is 0.379 e. The molecule has 0 radical (unpaired) electrons. The lowest BCUT2D eigenvalue weighted by molar-refractivity contribution is 0.193. The third-order valence-electron chi connectivity index (χ3n) is 4.13. The minimum Gasteiger partial charge on any atom is -0.379 e. The number of hydrogen-bond donors (Lipinski definition) is 1. The lowest BCUT2D eigenvalue weighted by atomic mass is 9.99. The highest BCUT2D eigenvalue weighted by molar-refractivity contribution is 6.36. The van der Waals surface area contributed by atoms with E-state index in [1.807, 2.05) is 12.1 Å². The average molecular weight is 285 g/mol. The van der Waals surface area contributed by atoms with Crippen molar-refractivity contribution in [2.45, 2.75) is 37.8 Å². The van der Waals surface area contributed by atoms with Gasteiger partial charge in [-0.25, -0.2) is 0 Å². The van der Waals surface area contributed by atoms with E-state index in [-0.39, 0.29) is 0 Å². The summed E-state index contributed by atoms with van der Waals surface area (Å²) in [5, 5.41) is 5.01. The molecule has 0 amide bonds. The Morgan fingerprint density at radius 3 is 2.83 bits per heavy atom. The SMILES string of the molecule is Clc1ccc(NC2CCN3CCCCC23)c(Cl)c1. The van der Waals surface area contributed by atoms with Crippen LogP contribution in [0.3, 0.4) is 0 Å². The molecule has 0 aromatic heterocycles. The molecule has 0 saturated carbocycles. The van der Waals surface area contributed by atoms with Crippen LogP contribution in [0.15, 0.2) is 18.2 Å². The van der Waals surface area contributed by atoms with Crippen LogP contribution in [0, 0.1) is 0 Å². The zero-order valence-corrected chi connectivity index (χ0v) is 11.8. The number of fused-ring (bicyclic) bond motifs is 1. The quantitative estimate of drug-likeness (QED) is 0.882. The summed E-state index contributed by atoms with van der Waals surface area (Å²) >= 11 is 12.1. The van der Waals surface area contributed by atoms with E-state index in [1.54, 1.807) is 6.07 Å². The maximum atomic E-state index is 6.22. The average Bonchev–Trinajstić information content (AvgIpc) is 2.76. The van der Waals surface area contributed by atoms with Gasteiger partial charge >= 0.3 is 0 Å². The maximum absolute atomic E-state index is 6.22. The molecule has 18 heavy (non-hydrogen) atoms. The molecule has 2 atom stereocenters. The van der Waals surface area contributed by atoms with E-state index in [0.717, 1.165) is 10.7 Å². The van der Waals surface area contributed by atoms with E-state index >= 15 is 0 Å². The molecule has 2 aliphatic heterocycles. The molecule has 2 aliphatic rings. The molecule has 2 unspecified atom stereocenters. The second-order valence-corrected chi connectivity index (χ2v) is 6.11. The molecule has 0 bridgehead atoms. The van der Waals surface area contributed by atoms with E-state index in [0.29, 0.717) is 17.1 Å². The topological polar surface area (TPSA) is 15.3 Å². The number of anilines is 1. The Balaban J connectivity index is 1.72. The van der Waals surface area contributed by atoms with Crippen LogP contribution in [0.1, 0.15) is 25.7 Å². The van der Waals surface area contributed by atoms with Crippen LogP contribution in [0.25, 0.3) is 0 Å². The van der Waals surface area contributed by atoms with Crippen LogP contribution in [0.2, 0.25) is 10.0 Å². The van der Waals surface area contributed by atoms with Crippen molar-refractivity contribution in [3.8, 4) is 0 Å². The standard InChI is InChI=1S/C14H18Cl2N2/c15-10-4-5-12(11(16)9-10)17-13-6-8-18-7-2-1-3-14(13)18/h4-5,9,13-14,17H,1-3,6-8H2. The first-order chi connectivity index (χ1) is 8.74. The predicted octanol–water partition coefficient (Wildman–Crippen LogP) is 4.03. The number of benzene rings is 1. The van der Waals surface area contributed by atoms with Gasteiger partial charge in [-0.05, 0) is 44.0 Å². The third kappa shape index (κ3) is 2.47. The van der Waals surface area contributed by atoms with E-state index in [2.05, 4.69) is 10.2 Å². The molecule has 0 aliphatic carbocycles. The molecular formula is C14H18Cl2N2. The maximum Gasteiger partial charge on any atom is 0.0652 e. The number of rotatable bonds is 2. The minimum atomic E-state index is 0.531. The molecule has 98 valence electrons. The molecule has 0 spiro atoms. The second-order valence-electron chi connectivity index (χ2n) is 5.26. The van der Waals surface area contributed by atoms with Crippen molar-refractivity contribution in [1.82, 2.24) is 4.90 Å². The second kappa shape index (κ2) is 5.28. The Kier molecular flexibility index (Phi) is 3.69. The summed E-state index contributed by atoms with van der Waals surface area (Å²) < 4.78 is 0. The zero-order chi connectivity index (χ0) is 12.5. The van der Waals surface area contributed by atoms with Gasteiger partial charge in [0.25, 0.3) is 0 Å². The lowest BCUT2D eigenvalue weighted by Crippen LogP contribution is -2.41. The van der Waals surface area contributed by atoms with E-state index in [9.17, 15) is 0 Å². The van der Waals surface area contributed by atoms with Crippen molar-refractivity contribution in [3.63, 3.8) is 0 Å². The molecule has 2 saturated heterocycles. The Morgan fingerprint density at radius 2 is 2.00 bits per heavy atom. The fourth-order valence-corrected chi connectivity index (χ4v) is 3.69. The van der Waals surface area contributed by atoms with Gasteiger partial charge < -0.3 is 5.32 Å². The van der Waals surface area contributed by atoms with E-state index in [1.165, 1.54) is 38.8 Å². The first kappa shape index (κ1) is 12.6. The molecule has 3 rings (SSSR count). The Hall–Kier alpha value is -0.440. The van der Waals surface area contributed by atoms with Gasteiger partial charge in [0, 0.05) is 23.7 Å². The van der Waals surface area contributed by atoms with Crippen molar-refractivity contribution in [2.24, 2.45) is 0 Å². The van der Waals surface area contributed by atoms with Gasteiger partial charge in [0.1, 0.15) is 0 Å². The van der Waals surface area contributed by atoms with Gasteiger partial charge in [0.15, 0.2) is 0 Å². The third-order valence-corrected chi connectivity index (χ3v) is 4.68. The molecule has 2 heterocycles. The van der Waals surface area contributed by atoms with Crippen molar-refractivity contribution in [1.29, 1.82) is 0 Å². The number of hydrogen-bond acceptors (Lipinski definition) is 2. The van der Waals surface area contributed by atoms with Crippen molar-refractivity contribution in [3.05, 3.63) is 28.2 Å². The van der Waals surface area contributed by atoms with Gasteiger partial charge in [-0.15, -0.1) is 0 Å². The first-order valence-electron chi connectivity index (χ1n) is 6.70. The summed E-state index contributed by atoms with van der Waals surface area (Å²) in [6, 6.07) is 6.90. The van der Waals surface area contributed by atoms with E-state index < -0.39 is 0 Å². The fraction of sp³-hybridized carbons (Fsp3) is 0.571. The molecule has 2 fully saturated rings. The van der Waals surface area contributed by atoms with Crippen LogP contribution < -0.4 is 5.32 Å². The zero-order valence-electron chi connectivity index (χ0n) is 10.3. The summed E-state index contributed by atoms with van der Waals surface area (Å²) in [6.07, 6.45) is 5.23. The van der Waals surface area contributed by atoms with Crippen molar-refractivity contribution < 1.29 is 0 Å². The number of halogens is 2. The van der Waals surface area contributed by atoms with Gasteiger partial charge in [-0.3, -0.25) is 4.90 Å².